The summed E-state index contributed by atoms with van der Waals surface area (Å²) < 4.78 is 10.4. The molecule has 3 amide bonds. The van der Waals surface area contributed by atoms with Gasteiger partial charge in [-0.05, 0) is 25.2 Å². The second-order valence-electron chi connectivity index (χ2n) is 7.67. The molecule has 0 bridgehead atoms. The third-order valence-corrected chi connectivity index (χ3v) is 5.60. The van der Waals surface area contributed by atoms with Crippen molar-refractivity contribution in [3.05, 3.63) is 25.3 Å². The van der Waals surface area contributed by atoms with Crippen molar-refractivity contribution in [2.24, 2.45) is 5.92 Å². The van der Waals surface area contributed by atoms with Crippen LogP contribution in [0.15, 0.2) is 25.3 Å². The average Bonchev–Trinajstić information content (AvgIpc) is 3.27. The Kier molecular flexibility index (Phi) is 8.43. The first-order valence-corrected chi connectivity index (χ1v) is 10.3. The summed E-state index contributed by atoms with van der Waals surface area (Å²) in [5, 5.41) is 0.0746. The summed E-state index contributed by atoms with van der Waals surface area (Å²) in [6.45, 7) is 8.28. The van der Waals surface area contributed by atoms with Gasteiger partial charge in [-0.1, -0.05) is 25.3 Å². The number of carbonyl (C=O) groups excluding carboxylic acids is 3. The number of carbonyl (C=O) groups is 3. The zero-order valence-corrected chi connectivity index (χ0v) is 18.1. The zero-order valence-electron chi connectivity index (χ0n) is 17.2. The van der Waals surface area contributed by atoms with Gasteiger partial charge in [0.25, 0.3) is 0 Å². The SMILES string of the molecule is C=CCOC(=O)N1CC(S)CC1CC1C[C@@H](C(=O)N(C)C)N(C(=O)OCC=C)C1. The smallest absolute Gasteiger partial charge is 0.410 e. The van der Waals surface area contributed by atoms with E-state index in [1.165, 1.54) is 22.0 Å². The number of thiol groups is 1. The number of likely N-dealkylation sites (N-methyl/N-ethyl adjacent to an activating group) is 1. The van der Waals surface area contributed by atoms with E-state index in [0.717, 1.165) is 6.42 Å². The molecule has 2 rings (SSSR count). The number of amides is 3. The van der Waals surface area contributed by atoms with E-state index < -0.39 is 12.1 Å². The largest absolute Gasteiger partial charge is 0.445 e. The van der Waals surface area contributed by atoms with Crippen LogP contribution in [0.5, 0.6) is 0 Å². The van der Waals surface area contributed by atoms with Crippen molar-refractivity contribution in [2.75, 3.05) is 40.4 Å². The Labute approximate surface area is 177 Å². The van der Waals surface area contributed by atoms with E-state index in [9.17, 15) is 14.4 Å². The summed E-state index contributed by atoms with van der Waals surface area (Å²) in [4.78, 5) is 42.1. The van der Waals surface area contributed by atoms with E-state index in [-0.39, 0.29) is 42.4 Å². The monoisotopic (exact) mass is 425 g/mol. The number of nitrogens with zero attached hydrogens (tertiary/aromatic N) is 3. The van der Waals surface area contributed by atoms with Gasteiger partial charge in [-0.25, -0.2) is 9.59 Å². The first kappa shape index (κ1) is 23.1. The molecule has 2 aliphatic heterocycles. The fraction of sp³-hybridized carbons (Fsp3) is 0.650. The van der Waals surface area contributed by atoms with Crippen LogP contribution in [-0.4, -0.2) is 90.5 Å². The molecule has 0 aromatic heterocycles. The molecular formula is C20H31N3O5S. The number of hydrogen-bond acceptors (Lipinski definition) is 6. The quantitative estimate of drug-likeness (QED) is 0.500. The van der Waals surface area contributed by atoms with E-state index in [1.807, 2.05) is 0 Å². The second kappa shape index (κ2) is 10.6. The normalized spacial score (nSPS) is 26.2. The number of rotatable bonds is 7. The Hall–Kier alpha value is -2.16. The van der Waals surface area contributed by atoms with Gasteiger partial charge in [0.1, 0.15) is 19.3 Å². The molecule has 2 aliphatic rings. The minimum Gasteiger partial charge on any atom is -0.445 e. The highest BCUT2D eigenvalue weighted by atomic mass is 32.1. The van der Waals surface area contributed by atoms with E-state index in [2.05, 4.69) is 25.8 Å². The van der Waals surface area contributed by atoms with Gasteiger partial charge in [0.2, 0.25) is 5.91 Å². The molecule has 0 aromatic rings. The molecule has 0 saturated carbocycles. The second-order valence-corrected chi connectivity index (χ2v) is 8.40. The average molecular weight is 426 g/mol. The van der Waals surface area contributed by atoms with Crippen LogP contribution in [0.2, 0.25) is 0 Å². The van der Waals surface area contributed by atoms with Crippen LogP contribution < -0.4 is 0 Å². The highest BCUT2D eigenvalue weighted by molar-refractivity contribution is 7.81. The number of hydrogen-bond donors (Lipinski definition) is 1. The maximum Gasteiger partial charge on any atom is 0.410 e. The fourth-order valence-corrected chi connectivity index (χ4v) is 4.40. The lowest BCUT2D eigenvalue weighted by Crippen LogP contribution is -2.45. The highest BCUT2D eigenvalue weighted by Crippen LogP contribution is 2.34. The van der Waals surface area contributed by atoms with Gasteiger partial charge in [-0.2, -0.15) is 12.6 Å². The number of likely N-dealkylation sites (tertiary alicyclic amines) is 2. The van der Waals surface area contributed by atoms with Crippen molar-refractivity contribution in [1.29, 1.82) is 0 Å². The molecule has 29 heavy (non-hydrogen) atoms. The van der Waals surface area contributed by atoms with Gasteiger partial charge in [0, 0.05) is 38.5 Å². The van der Waals surface area contributed by atoms with Crippen molar-refractivity contribution in [1.82, 2.24) is 14.7 Å². The lowest BCUT2D eigenvalue weighted by molar-refractivity contribution is -0.133. The highest BCUT2D eigenvalue weighted by Gasteiger charge is 2.44. The van der Waals surface area contributed by atoms with Crippen LogP contribution in [-0.2, 0) is 14.3 Å². The maximum atomic E-state index is 12.6. The van der Waals surface area contributed by atoms with Crippen molar-refractivity contribution < 1.29 is 23.9 Å². The molecule has 2 saturated heterocycles. The molecule has 0 aliphatic carbocycles. The molecule has 2 heterocycles. The minimum absolute atomic E-state index is 0.0425. The van der Waals surface area contributed by atoms with Crippen LogP contribution in [0.3, 0.4) is 0 Å². The van der Waals surface area contributed by atoms with Crippen molar-refractivity contribution >= 4 is 30.7 Å². The van der Waals surface area contributed by atoms with Crippen molar-refractivity contribution in [3.8, 4) is 0 Å². The maximum absolute atomic E-state index is 12.6. The summed E-state index contributed by atoms with van der Waals surface area (Å²) in [7, 11) is 3.34. The van der Waals surface area contributed by atoms with Gasteiger partial charge < -0.3 is 19.3 Å². The molecule has 0 radical (unpaired) electrons. The molecule has 8 nitrogen and oxygen atoms in total. The molecule has 0 spiro atoms. The van der Waals surface area contributed by atoms with Crippen molar-refractivity contribution in [2.45, 2.75) is 36.6 Å². The molecular weight excluding hydrogens is 394 g/mol. The molecule has 2 fully saturated rings. The van der Waals surface area contributed by atoms with Gasteiger partial charge in [-0.3, -0.25) is 9.69 Å². The first-order valence-electron chi connectivity index (χ1n) is 9.76. The van der Waals surface area contributed by atoms with E-state index in [4.69, 9.17) is 9.47 Å². The van der Waals surface area contributed by atoms with Crippen LogP contribution >= 0.6 is 12.6 Å². The summed E-state index contributed by atoms with van der Waals surface area (Å²) in [6.07, 6.45) is 4.07. The third kappa shape index (κ3) is 5.91. The van der Waals surface area contributed by atoms with E-state index >= 15 is 0 Å². The third-order valence-electron chi connectivity index (χ3n) is 5.23. The summed E-state index contributed by atoms with van der Waals surface area (Å²) in [6, 6.07) is -0.610. The minimum atomic E-state index is -0.568. The Morgan fingerprint density at radius 1 is 1.03 bits per heavy atom. The zero-order chi connectivity index (χ0) is 21.6. The predicted octanol–water partition coefficient (Wildman–Crippen LogP) is 2.17. The van der Waals surface area contributed by atoms with Crippen molar-refractivity contribution in [3.63, 3.8) is 0 Å². The molecule has 0 aromatic carbocycles. The molecule has 162 valence electrons. The van der Waals surface area contributed by atoms with Crippen LogP contribution in [0, 0.1) is 5.92 Å². The fourth-order valence-electron chi connectivity index (χ4n) is 3.98. The lowest BCUT2D eigenvalue weighted by atomic mass is 9.95. The van der Waals surface area contributed by atoms with Gasteiger partial charge >= 0.3 is 12.2 Å². The van der Waals surface area contributed by atoms with Gasteiger partial charge in [0.15, 0.2) is 0 Å². The summed E-state index contributed by atoms with van der Waals surface area (Å²) in [5.41, 5.74) is 0. The summed E-state index contributed by atoms with van der Waals surface area (Å²) in [5.74, 6) is -0.0673. The Morgan fingerprint density at radius 2 is 1.62 bits per heavy atom. The molecule has 0 N–H and O–H groups in total. The van der Waals surface area contributed by atoms with Crippen LogP contribution in [0.1, 0.15) is 19.3 Å². The van der Waals surface area contributed by atoms with Crippen LogP contribution in [0.4, 0.5) is 9.59 Å². The topological polar surface area (TPSA) is 79.4 Å². The first-order chi connectivity index (χ1) is 13.8. The molecule has 4 atom stereocenters. The molecule has 9 heteroatoms. The molecule has 3 unspecified atom stereocenters. The Morgan fingerprint density at radius 3 is 2.17 bits per heavy atom. The number of ether oxygens (including phenoxy) is 2. The predicted molar refractivity (Wildman–Crippen MR) is 113 cm³/mol. The lowest BCUT2D eigenvalue weighted by Gasteiger charge is -2.26. The standard InChI is InChI=1S/C20H31N3O5S/c1-5-7-27-19(25)22-13-16(29)11-15(22)9-14-10-17(18(24)21(3)4)23(12-14)20(26)28-8-6-2/h5-6,14-17,29H,1-2,7-13H2,3-4H3/t14?,15?,16?,17-/m0/s1. The Balaban J connectivity index is 2.08. The van der Waals surface area contributed by atoms with Gasteiger partial charge in [0.05, 0.1) is 0 Å². The summed E-state index contributed by atoms with van der Waals surface area (Å²) >= 11 is 4.53. The van der Waals surface area contributed by atoms with Crippen LogP contribution in [0.25, 0.3) is 0 Å². The van der Waals surface area contributed by atoms with Gasteiger partial charge in [-0.15, -0.1) is 0 Å². The Bertz CT molecular complexity index is 642. The van der Waals surface area contributed by atoms with E-state index in [0.29, 0.717) is 25.9 Å². The van der Waals surface area contributed by atoms with E-state index in [1.54, 1.807) is 19.0 Å².